The van der Waals surface area contributed by atoms with Crippen LogP contribution in [0.2, 0.25) is 0 Å². The molecule has 17 heavy (non-hydrogen) atoms. The van der Waals surface area contributed by atoms with Gasteiger partial charge in [-0.15, -0.1) is 0 Å². The summed E-state index contributed by atoms with van der Waals surface area (Å²) in [5, 5.41) is 3.84. The SMILES string of the molecule is [B]c1ccc2c([B])c3ccccc3c([B])c2c1. The fraction of sp³-hybridized carbons (Fsp3) is 0. The minimum atomic E-state index is 0.693. The highest BCUT2D eigenvalue weighted by molar-refractivity contribution is 6.54. The first-order chi connectivity index (χ1) is 8.18. The van der Waals surface area contributed by atoms with Crippen LogP contribution in [0.25, 0.3) is 21.5 Å². The summed E-state index contributed by atoms with van der Waals surface area (Å²) >= 11 is 0. The van der Waals surface area contributed by atoms with Gasteiger partial charge in [-0.25, -0.2) is 0 Å². The topological polar surface area (TPSA) is 0 Å². The molecule has 3 rings (SSSR count). The first-order valence-electron chi connectivity index (χ1n) is 5.43. The third-order valence-corrected chi connectivity index (χ3v) is 3.13. The van der Waals surface area contributed by atoms with Crippen molar-refractivity contribution in [1.29, 1.82) is 0 Å². The Morgan fingerprint density at radius 3 is 1.76 bits per heavy atom. The van der Waals surface area contributed by atoms with E-state index in [1.807, 2.05) is 42.5 Å². The third-order valence-electron chi connectivity index (χ3n) is 3.13. The summed E-state index contributed by atoms with van der Waals surface area (Å²) in [6, 6.07) is 13.5. The van der Waals surface area contributed by atoms with Crippen molar-refractivity contribution >= 4 is 61.5 Å². The zero-order chi connectivity index (χ0) is 12.0. The van der Waals surface area contributed by atoms with E-state index in [-0.39, 0.29) is 0 Å². The predicted molar refractivity (Wildman–Crippen MR) is 77.6 cm³/mol. The van der Waals surface area contributed by atoms with Crippen LogP contribution in [0.3, 0.4) is 0 Å². The van der Waals surface area contributed by atoms with Crippen LogP contribution in [0, 0.1) is 0 Å². The van der Waals surface area contributed by atoms with Crippen LogP contribution in [0.5, 0.6) is 0 Å². The lowest BCUT2D eigenvalue weighted by molar-refractivity contribution is 1.83. The monoisotopic (exact) mass is 208 g/mol. The first-order valence-corrected chi connectivity index (χ1v) is 5.43. The average molecular weight is 208 g/mol. The Labute approximate surface area is 104 Å². The zero-order valence-electron chi connectivity index (χ0n) is 9.27. The largest absolute Gasteiger partial charge is 0.115 e. The molecule has 0 bridgehead atoms. The maximum atomic E-state index is 6.18. The molecule has 3 aromatic rings. The van der Waals surface area contributed by atoms with Crippen molar-refractivity contribution in [3.8, 4) is 0 Å². The van der Waals surface area contributed by atoms with Gasteiger partial charge in [0.25, 0.3) is 0 Å². The molecule has 6 radical (unpaired) electrons. The molecule has 0 spiro atoms. The summed E-state index contributed by atoms with van der Waals surface area (Å²) in [6.07, 6.45) is 0. The van der Waals surface area contributed by atoms with Crippen molar-refractivity contribution in [2.24, 2.45) is 0 Å². The standard InChI is InChI=1S/C14H7B3/c15-8-5-6-11-12(7-8)14(17)10-4-2-1-3-9(10)13(11)16/h1-7H. The Bertz CT molecular complexity index is 732. The van der Waals surface area contributed by atoms with Crippen molar-refractivity contribution in [3.05, 3.63) is 42.5 Å². The Hall–Kier alpha value is -1.63. The Kier molecular flexibility index (Phi) is 2.29. The summed E-state index contributed by atoms with van der Waals surface area (Å²) in [4.78, 5) is 0. The van der Waals surface area contributed by atoms with Gasteiger partial charge in [-0.3, -0.25) is 0 Å². The van der Waals surface area contributed by atoms with E-state index < -0.39 is 0 Å². The van der Waals surface area contributed by atoms with Crippen LogP contribution >= 0.6 is 0 Å². The average Bonchev–Trinajstić information content (AvgIpc) is 2.36. The second kappa shape index (κ2) is 3.70. The lowest BCUT2D eigenvalue weighted by Crippen LogP contribution is -2.18. The molecule has 0 N–H and O–H groups in total. The smallest absolute Gasteiger partial charge is 0.0961 e. The van der Waals surface area contributed by atoms with Gasteiger partial charge in [0.2, 0.25) is 0 Å². The van der Waals surface area contributed by atoms with E-state index in [0.29, 0.717) is 5.46 Å². The van der Waals surface area contributed by atoms with E-state index in [0.717, 1.165) is 32.5 Å². The molecule has 0 unspecified atom stereocenters. The minimum absolute atomic E-state index is 0.693. The van der Waals surface area contributed by atoms with Gasteiger partial charge in [0.1, 0.15) is 23.5 Å². The third kappa shape index (κ3) is 1.49. The molecule has 3 heteroatoms. The van der Waals surface area contributed by atoms with E-state index in [2.05, 4.69) is 0 Å². The normalized spacial score (nSPS) is 11.1. The molecule has 72 valence electrons. The van der Waals surface area contributed by atoms with Crippen molar-refractivity contribution < 1.29 is 0 Å². The van der Waals surface area contributed by atoms with Crippen molar-refractivity contribution in [1.82, 2.24) is 0 Å². The van der Waals surface area contributed by atoms with Crippen LogP contribution in [-0.4, -0.2) is 23.5 Å². The van der Waals surface area contributed by atoms with Crippen molar-refractivity contribution in [3.63, 3.8) is 0 Å². The molecule has 0 saturated carbocycles. The van der Waals surface area contributed by atoms with Gasteiger partial charge in [0, 0.05) is 0 Å². The van der Waals surface area contributed by atoms with E-state index in [9.17, 15) is 0 Å². The van der Waals surface area contributed by atoms with Crippen LogP contribution in [0.15, 0.2) is 42.5 Å². The van der Waals surface area contributed by atoms with Gasteiger partial charge >= 0.3 is 0 Å². The molecule has 0 heterocycles. The van der Waals surface area contributed by atoms with Gasteiger partial charge in [-0.2, -0.15) is 0 Å². The van der Waals surface area contributed by atoms with E-state index >= 15 is 0 Å². The maximum absolute atomic E-state index is 6.18. The number of benzene rings is 3. The quantitative estimate of drug-likeness (QED) is 0.369. The molecule has 0 fully saturated rings. The summed E-state index contributed by atoms with van der Waals surface area (Å²) < 4.78 is 0. The number of hydrogen-bond donors (Lipinski definition) is 0. The molecule has 0 aliphatic heterocycles. The van der Waals surface area contributed by atoms with E-state index in [4.69, 9.17) is 23.5 Å². The minimum Gasteiger partial charge on any atom is -0.0961 e. The molecular formula is C14H7B3. The molecule has 0 saturated heterocycles. The van der Waals surface area contributed by atoms with Crippen LogP contribution < -0.4 is 16.4 Å². The lowest BCUT2D eigenvalue weighted by Gasteiger charge is -2.13. The second-order valence-electron chi connectivity index (χ2n) is 4.18. The molecule has 0 nitrogen and oxygen atoms in total. The second-order valence-corrected chi connectivity index (χ2v) is 4.18. The van der Waals surface area contributed by atoms with Crippen LogP contribution in [0.4, 0.5) is 0 Å². The molecule has 0 aliphatic carbocycles. The fourth-order valence-electron chi connectivity index (χ4n) is 2.26. The first kappa shape index (κ1) is 10.5. The number of hydrogen-bond acceptors (Lipinski definition) is 0. The Morgan fingerprint density at radius 1 is 0.588 bits per heavy atom. The van der Waals surface area contributed by atoms with Gasteiger partial charge < -0.3 is 0 Å². The molecule has 0 atom stereocenters. The van der Waals surface area contributed by atoms with E-state index in [1.165, 1.54) is 0 Å². The molecule has 0 aromatic heterocycles. The number of fused-ring (bicyclic) bond motifs is 2. The van der Waals surface area contributed by atoms with Crippen LogP contribution in [-0.2, 0) is 0 Å². The zero-order valence-corrected chi connectivity index (χ0v) is 9.27. The Morgan fingerprint density at radius 2 is 1.12 bits per heavy atom. The molecule has 3 aromatic carbocycles. The summed E-state index contributed by atoms with van der Waals surface area (Å²) in [5.41, 5.74) is 2.18. The molecule has 0 aliphatic rings. The van der Waals surface area contributed by atoms with Gasteiger partial charge in [0.05, 0.1) is 0 Å². The Balaban J connectivity index is 2.63. The number of rotatable bonds is 0. The lowest BCUT2D eigenvalue weighted by atomic mass is 9.76. The molecular weight excluding hydrogens is 201 g/mol. The predicted octanol–water partition coefficient (Wildman–Crippen LogP) is 0.374. The van der Waals surface area contributed by atoms with Gasteiger partial charge in [-0.1, -0.05) is 58.9 Å². The van der Waals surface area contributed by atoms with Gasteiger partial charge in [-0.05, 0) is 21.5 Å². The highest BCUT2D eigenvalue weighted by Gasteiger charge is 2.06. The highest BCUT2D eigenvalue weighted by Crippen LogP contribution is 2.16. The van der Waals surface area contributed by atoms with Crippen LogP contribution in [0.1, 0.15) is 0 Å². The summed E-state index contributed by atoms with van der Waals surface area (Å²) in [5.74, 6) is 0. The molecule has 0 amide bonds. The van der Waals surface area contributed by atoms with Gasteiger partial charge in [0.15, 0.2) is 0 Å². The summed E-state index contributed by atoms with van der Waals surface area (Å²) in [7, 11) is 18.1. The van der Waals surface area contributed by atoms with Crippen molar-refractivity contribution in [2.75, 3.05) is 0 Å². The van der Waals surface area contributed by atoms with E-state index in [1.54, 1.807) is 0 Å². The van der Waals surface area contributed by atoms with Crippen molar-refractivity contribution in [2.45, 2.75) is 0 Å². The maximum Gasteiger partial charge on any atom is 0.115 e. The summed E-state index contributed by atoms with van der Waals surface area (Å²) in [6.45, 7) is 0. The fourth-order valence-corrected chi connectivity index (χ4v) is 2.26. The highest BCUT2D eigenvalue weighted by atomic mass is 14.1.